The van der Waals surface area contributed by atoms with Crippen molar-refractivity contribution in [2.24, 2.45) is 0 Å². The van der Waals surface area contributed by atoms with Gasteiger partial charge >= 0.3 is 0 Å². The van der Waals surface area contributed by atoms with Crippen LogP contribution in [0.5, 0.6) is 5.75 Å². The molecule has 0 aromatic heterocycles. The highest BCUT2D eigenvalue weighted by atomic mass is 35.5. The SMILES string of the molecule is CC[C@H](C(=O)NCCOc1ccc(C)c(Cl)c1)N(c1cc(C)cc(C)c1)S(C)(=O)=O. The topological polar surface area (TPSA) is 75.7 Å². The van der Waals surface area contributed by atoms with Crippen LogP contribution in [0.25, 0.3) is 0 Å². The Morgan fingerprint density at radius 2 is 1.77 bits per heavy atom. The van der Waals surface area contributed by atoms with Crippen molar-refractivity contribution in [3.63, 3.8) is 0 Å². The first-order valence-corrected chi connectivity index (χ1v) is 12.0. The molecule has 0 bridgehead atoms. The lowest BCUT2D eigenvalue weighted by Crippen LogP contribution is -2.50. The molecule has 1 amide bonds. The van der Waals surface area contributed by atoms with Gasteiger partial charge in [-0.1, -0.05) is 30.7 Å². The fourth-order valence-corrected chi connectivity index (χ4v) is 4.63. The number of ether oxygens (including phenoxy) is 1. The summed E-state index contributed by atoms with van der Waals surface area (Å²) >= 11 is 6.08. The molecule has 0 aliphatic heterocycles. The lowest BCUT2D eigenvalue weighted by atomic mass is 10.1. The van der Waals surface area contributed by atoms with Gasteiger partial charge in [0.2, 0.25) is 15.9 Å². The number of amides is 1. The summed E-state index contributed by atoms with van der Waals surface area (Å²) in [5.41, 5.74) is 3.30. The number of hydrogen-bond donors (Lipinski definition) is 1. The number of rotatable bonds is 9. The average molecular weight is 453 g/mol. The van der Waals surface area contributed by atoms with E-state index in [9.17, 15) is 13.2 Å². The fourth-order valence-electron chi connectivity index (χ4n) is 3.26. The molecule has 164 valence electrons. The van der Waals surface area contributed by atoms with E-state index in [1.165, 1.54) is 4.31 Å². The van der Waals surface area contributed by atoms with Crippen LogP contribution in [-0.4, -0.2) is 39.8 Å². The summed E-state index contributed by atoms with van der Waals surface area (Å²) in [5, 5.41) is 3.39. The minimum absolute atomic E-state index is 0.240. The highest BCUT2D eigenvalue weighted by Gasteiger charge is 2.31. The van der Waals surface area contributed by atoms with Gasteiger partial charge in [-0.3, -0.25) is 9.10 Å². The van der Waals surface area contributed by atoms with Gasteiger partial charge in [0.1, 0.15) is 18.4 Å². The van der Waals surface area contributed by atoms with Crippen LogP contribution in [0.2, 0.25) is 5.02 Å². The Kier molecular flexibility index (Phi) is 8.15. The molecule has 1 atom stereocenters. The number of carbonyl (C=O) groups excluding carboxylic acids is 1. The molecule has 6 nitrogen and oxygen atoms in total. The zero-order chi connectivity index (χ0) is 22.5. The van der Waals surface area contributed by atoms with Gasteiger partial charge in [-0.15, -0.1) is 0 Å². The Hall–Kier alpha value is -2.25. The van der Waals surface area contributed by atoms with E-state index >= 15 is 0 Å². The summed E-state index contributed by atoms with van der Waals surface area (Å²) in [6.45, 7) is 7.96. The van der Waals surface area contributed by atoms with E-state index in [-0.39, 0.29) is 19.1 Å². The first kappa shape index (κ1) is 24.0. The van der Waals surface area contributed by atoms with E-state index in [2.05, 4.69) is 5.32 Å². The van der Waals surface area contributed by atoms with Crippen LogP contribution in [0.1, 0.15) is 30.0 Å². The second-order valence-electron chi connectivity index (χ2n) is 7.38. The summed E-state index contributed by atoms with van der Waals surface area (Å²) in [4.78, 5) is 12.8. The van der Waals surface area contributed by atoms with Crippen LogP contribution in [-0.2, 0) is 14.8 Å². The minimum Gasteiger partial charge on any atom is -0.492 e. The number of aryl methyl sites for hydroxylation is 3. The van der Waals surface area contributed by atoms with Crippen LogP contribution < -0.4 is 14.4 Å². The van der Waals surface area contributed by atoms with Crippen LogP contribution in [0.3, 0.4) is 0 Å². The molecule has 0 unspecified atom stereocenters. The number of nitrogens with one attached hydrogen (secondary N) is 1. The van der Waals surface area contributed by atoms with Crippen molar-refractivity contribution in [3.8, 4) is 5.75 Å². The van der Waals surface area contributed by atoms with Crippen molar-refractivity contribution in [2.75, 3.05) is 23.7 Å². The number of carbonyl (C=O) groups is 1. The number of halogens is 1. The van der Waals surface area contributed by atoms with Crippen LogP contribution in [0.15, 0.2) is 36.4 Å². The van der Waals surface area contributed by atoms with Crippen LogP contribution in [0, 0.1) is 20.8 Å². The maximum Gasteiger partial charge on any atom is 0.244 e. The third-order valence-corrected chi connectivity index (χ3v) is 6.19. The Morgan fingerprint density at radius 3 is 2.30 bits per heavy atom. The van der Waals surface area contributed by atoms with Crippen LogP contribution in [0.4, 0.5) is 5.69 Å². The van der Waals surface area contributed by atoms with E-state index in [0.717, 1.165) is 22.9 Å². The molecule has 0 spiro atoms. The van der Waals surface area contributed by atoms with Crippen molar-refractivity contribution < 1.29 is 17.9 Å². The van der Waals surface area contributed by atoms with Gasteiger partial charge in [-0.25, -0.2) is 8.42 Å². The van der Waals surface area contributed by atoms with Crippen molar-refractivity contribution in [1.82, 2.24) is 5.32 Å². The maximum atomic E-state index is 12.8. The number of anilines is 1. The molecule has 0 saturated carbocycles. The first-order valence-electron chi connectivity index (χ1n) is 9.77. The van der Waals surface area contributed by atoms with E-state index in [1.54, 1.807) is 25.1 Å². The Bertz CT molecular complexity index is 988. The second-order valence-corrected chi connectivity index (χ2v) is 9.65. The number of benzene rings is 2. The third kappa shape index (κ3) is 6.37. The summed E-state index contributed by atoms with van der Waals surface area (Å²) in [6.07, 6.45) is 1.45. The standard InChI is InChI=1S/C22H29ClN2O4S/c1-6-21(25(30(5,27)28)18-12-15(2)11-16(3)13-18)22(26)24-9-10-29-19-8-7-17(4)20(23)14-19/h7-8,11-14,21H,6,9-10H2,1-5H3,(H,24,26)/t21-/m1/s1. The molecule has 30 heavy (non-hydrogen) atoms. The van der Waals surface area contributed by atoms with Gasteiger partial charge < -0.3 is 10.1 Å². The number of sulfonamides is 1. The fraction of sp³-hybridized carbons (Fsp3) is 0.409. The first-order chi connectivity index (χ1) is 14.0. The summed E-state index contributed by atoms with van der Waals surface area (Å²) in [7, 11) is -3.66. The van der Waals surface area contributed by atoms with Gasteiger partial charge in [0.05, 0.1) is 18.5 Å². The molecule has 0 aliphatic rings. The van der Waals surface area contributed by atoms with Crippen LogP contribution >= 0.6 is 11.6 Å². The molecule has 0 saturated heterocycles. The van der Waals surface area contributed by atoms with E-state index in [1.807, 2.05) is 39.0 Å². The maximum absolute atomic E-state index is 12.8. The summed E-state index contributed by atoms with van der Waals surface area (Å²) in [5.74, 6) is 0.243. The van der Waals surface area contributed by atoms with Gasteiger partial charge in [0, 0.05) is 5.02 Å². The highest BCUT2D eigenvalue weighted by molar-refractivity contribution is 7.92. The molecular weight excluding hydrogens is 424 g/mol. The van der Waals surface area contributed by atoms with E-state index < -0.39 is 16.1 Å². The van der Waals surface area contributed by atoms with Crippen molar-refractivity contribution in [1.29, 1.82) is 0 Å². The Balaban J connectivity index is 2.09. The molecular formula is C22H29ClN2O4S. The van der Waals surface area contributed by atoms with E-state index in [0.29, 0.717) is 22.9 Å². The molecule has 0 radical (unpaired) electrons. The smallest absolute Gasteiger partial charge is 0.244 e. The molecule has 8 heteroatoms. The predicted molar refractivity (Wildman–Crippen MR) is 122 cm³/mol. The molecule has 0 fully saturated rings. The van der Waals surface area contributed by atoms with E-state index in [4.69, 9.17) is 16.3 Å². The Labute approximate surface area is 184 Å². The zero-order valence-corrected chi connectivity index (χ0v) is 19.6. The quantitative estimate of drug-likeness (QED) is 0.583. The normalized spacial score (nSPS) is 12.3. The van der Waals surface area contributed by atoms with Gasteiger partial charge in [-0.05, 0) is 68.1 Å². The van der Waals surface area contributed by atoms with Crippen molar-refractivity contribution in [3.05, 3.63) is 58.1 Å². The molecule has 1 N–H and O–H groups in total. The van der Waals surface area contributed by atoms with Gasteiger partial charge in [0.25, 0.3) is 0 Å². The predicted octanol–water partition coefficient (Wildman–Crippen LogP) is 4.01. The lowest BCUT2D eigenvalue weighted by Gasteiger charge is -2.30. The Morgan fingerprint density at radius 1 is 1.13 bits per heavy atom. The van der Waals surface area contributed by atoms with Gasteiger partial charge in [-0.2, -0.15) is 0 Å². The lowest BCUT2D eigenvalue weighted by molar-refractivity contribution is -0.122. The minimum atomic E-state index is -3.66. The largest absolute Gasteiger partial charge is 0.492 e. The average Bonchev–Trinajstić information content (AvgIpc) is 2.63. The molecule has 2 aromatic rings. The van der Waals surface area contributed by atoms with Crippen molar-refractivity contribution in [2.45, 2.75) is 40.2 Å². The second kappa shape index (κ2) is 10.2. The molecule has 0 heterocycles. The molecule has 2 rings (SSSR count). The number of hydrogen-bond acceptors (Lipinski definition) is 4. The summed E-state index contributed by atoms with van der Waals surface area (Å²) in [6, 6.07) is 10.0. The molecule has 0 aliphatic carbocycles. The number of nitrogens with zero attached hydrogens (tertiary/aromatic N) is 1. The highest BCUT2D eigenvalue weighted by Crippen LogP contribution is 2.25. The zero-order valence-electron chi connectivity index (χ0n) is 18.0. The summed E-state index contributed by atoms with van der Waals surface area (Å²) < 4.78 is 31.9. The van der Waals surface area contributed by atoms with Crippen molar-refractivity contribution >= 4 is 33.2 Å². The van der Waals surface area contributed by atoms with Gasteiger partial charge in [0.15, 0.2) is 0 Å². The monoisotopic (exact) mass is 452 g/mol. The third-order valence-electron chi connectivity index (χ3n) is 4.60. The molecule has 2 aromatic carbocycles.